The third-order valence-electron chi connectivity index (χ3n) is 2.22. The number of hydrogen-bond donors (Lipinski definition) is 1. The summed E-state index contributed by atoms with van der Waals surface area (Å²) in [6.45, 7) is 1.81. The highest BCUT2D eigenvalue weighted by Crippen LogP contribution is 2.22. The van der Waals surface area contributed by atoms with Crippen LogP contribution in [0.4, 0.5) is 0 Å². The molecule has 0 aromatic heterocycles. The lowest BCUT2D eigenvalue weighted by molar-refractivity contribution is -0.241. The van der Waals surface area contributed by atoms with Crippen molar-refractivity contribution in [2.45, 2.75) is 37.9 Å². The molecule has 4 nitrogen and oxygen atoms in total. The summed E-state index contributed by atoms with van der Waals surface area (Å²) in [6.07, 6.45) is -0.638. The fourth-order valence-electron chi connectivity index (χ4n) is 1.39. The van der Waals surface area contributed by atoms with Gasteiger partial charge in [-0.2, -0.15) is 0 Å². The summed E-state index contributed by atoms with van der Waals surface area (Å²) in [6, 6.07) is 0. The summed E-state index contributed by atoms with van der Waals surface area (Å²) in [5, 5.41) is 9.55. The third kappa shape index (κ3) is 1.95. The van der Waals surface area contributed by atoms with E-state index in [9.17, 15) is 5.11 Å². The van der Waals surface area contributed by atoms with Crippen molar-refractivity contribution in [2.24, 2.45) is 0 Å². The molecule has 0 radical (unpaired) electrons. The lowest BCUT2D eigenvalue weighted by atomic mass is 10.0. The smallest absolute Gasteiger partial charge is 0.160 e. The molecule has 0 saturated carbocycles. The molecular weight excluding hydrogens is 160 g/mol. The predicted molar refractivity (Wildman–Crippen MR) is 42.8 cm³/mol. The molecular formula is C8H16O4. The topological polar surface area (TPSA) is 47.9 Å². The Kier molecular flexibility index (Phi) is 3.46. The summed E-state index contributed by atoms with van der Waals surface area (Å²) in [5.74, 6) is 0. The maximum Gasteiger partial charge on any atom is 0.160 e. The van der Waals surface area contributed by atoms with Crippen LogP contribution in [0.2, 0.25) is 0 Å². The Bertz CT molecular complexity index is 139. The molecule has 1 N–H and O–H groups in total. The van der Waals surface area contributed by atoms with Crippen LogP contribution in [0.25, 0.3) is 0 Å². The standard InChI is InChI=1S/C8H16O4/c1-5-8(9)6(10-2)4-7(11-3)12-5/h5-9H,4H2,1-3H3/t5-,6-,7-,8-/m0/s1. The van der Waals surface area contributed by atoms with Crippen LogP contribution in [0.5, 0.6) is 0 Å². The zero-order valence-corrected chi connectivity index (χ0v) is 7.69. The van der Waals surface area contributed by atoms with Gasteiger partial charge in [-0.15, -0.1) is 0 Å². The Morgan fingerprint density at radius 2 is 2.00 bits per heavy atom. The van der Waals surface area contributed by atoms with Gasteiger partial charge in [0, 0.05) is 20.6 Å². The van der Waals surface area contributed by atoms with Crippen LogP contribution >= 0.6 is 0 Å². The molecule has 0 spiro atoms. The summed E-state index contributed by atoms with van der Waals surface area (Å²) in [4.78, 5) is 0. The van der Waals surface area contributed by atoms with E-state index in [4.69, 9.17) is 14.2 Å². The first-order valence-electron chi connectivity index (χ1n) is 4.08. The van der Waals surface area contributed by atoms with Crippen LogP contribution in [0, 0.1) is 0 Å². The second kappa shape index (κ2) is 4.18. The molecule has 0 amide bonds. The molecule has 1 rings (SSSR count). The van der Waals surface area contributed by atoms with Crippen molar-refractivity contribution in [2.75, 3.05) is 14.2 Å². The van der Waals surface area contributed by atoms with Gasteiger partial charge in [0.1, 0.15) is 6.10 Å². The number of aliphatic hydroxyl groups excluding tert-OH is 1. The molecule has 1 saturated heterocycles. The van der Waals surface area contributed by atoms with E-state index in [1.807, 2.05) is 6.92 Å². The molecule has 1 heterocycles. The minimum atomic E-state index is -0.554. The van der Waals surface area contributed by atoms with E-state index in [2.05, 4.69) is 0 Å². The minimum absolute atomic E-state index is 0.182. The minimum Gasteiger partial charge on any atom is -0.388 e. The molecule has 1 aliphatic heterocycles. The number of aliphatic hydroxyl groups is 1. The maximum atomic E-state index is 9.55. The van der Waals surface area contributed by atoms with Gasteiger partial charge in [-0.25, -0.2) is 0 Å². The van der Waals surface area contributed by atoms with Gasteiger partial charge in [0.25, 0.3) is 0 Å². The molecule has 0 aromatic rings. The second-order valence-corrected chi connectivity index (χ2v) is 3.01. The molecule has 12 heavy (non-hydrogen) atoms. The number of hydrogen-bond acceptors (Lipinski definition) is 4. The van der Waals surface area contributed by atoms with Gasteiger partial charge < -0.3 is 19.3 Å². The van der Waals surface area contributed by atoms with Crippen molar-refractivity contribution in [3.05, 3.63) is 0 Å². The van der Waals surface area contributed by atoms with Crippen molar-refractivity contribution in [1.82, 2.24) is 0 Å². The molecule has 1 aliphatic rings. The SMILES string of the molecule is CO[C@@H]1C[C@H](OC)[C@@H](O)[C@H](C)O1. The third-order valence-corrected chi connectivity index (χ3v) is 2.22. The van der Waals surface area contributed by atoms with Crippen LogP contribution in [-0.2, 0) is 14.2 Å². The Morgan fingerprint density at radius 3 is 2.50 bits per heavy atom. The Morgan fingerprint density at radius 1 is 1.33 bits per heavy atom. The van der Waals surface area contributed by atoms with E-state index in [0.29, 0.717) is 6.42 Å². The highest BCUT2D eigenvalue weighted by atomic mass is 16.7. The highest BCUT2D eigenvalue weighted by molar-refractivity contribution is 4.80. The average molecular weight is 176 g/mol. The zero-order valence-electron chi connectivity index (χ0n) is 7.69. The summed E-state index contributed by atoms with van der Waals surface area (Å²) < 4.78 is 15.5. The monoisotopic (exact) mass is 176 g/mol. The van der Waals surface area contributed by atoms with Crippen molar-refractivity contribution < 1.29 is 19.3 Å². The van der Waals surface area contributed by atoms with E-state index in [1.165, 1.54) is 0 Å². The first kappa shape index (κ1) is 9.92. The Balaban J connectivity index is 2.52. The van der Waals surface area contributed by atoms with Gasteiger partial charge in [-0.1, -0.05) is 0 Å². The maximum absolute atomic E-state index is 9.55. The van der Waals surface area contributed by atoms with Gasteiger partial charge in [-0.3, -0.25) is 0 Å². The van der Waals surface area contributed by atoms with E-state index < -0.39 is 6.10 Å². The van der Waals surface area contributed by atoms with Crippen molar-refractivity contribution in [1.29, 1.82) is 0 Å². The highest BCUT2D eigenvalue weighted by Gasteiger charge is 2.35. The number of ether oxygens (including phenoxy) is 3. The molecule has 1 fully saturated rings. The van der Waals surface area contributed by atoms with Crippen molar-refractivity contribution >= 4 is 0 Å². The van der Waals surface area contributed by atoms with E-state index >= 15 is 0 Å². The van der Waals surface area contributed by atoms with Crippen LogP contribution in [-0.4, -0.2) is 43.9 Å². The molecule has 72 valence electrons. The van der Waals surface area contributed by atoms with E-state index in [1.54, 1.807) is 14.2 Å². The van der Waals surface area contributed by atoms with E-state index in [-0.39, 0.29) is 18.5 Å². The fraction of sp³-hybridized carbons (Fsp3) is 1.00. The summed E-state index contributed by atoms with van der Waals surface area (Å²) in [7, 11) is 3.17. The van der Waals surface area contributed by atoms with Crippen molar-refractivity contribution in [3.63, 3.8) is 0 Å². The molecule has 0 aliphatic carbocycles. The van der Waals surface area contributed by atoms with Crippen LogP contribution < -0.4 is 0 Å². The quantitative estimate of drug-likeness (QED) is 0.650. The fourth-order valence-corrected chi connectivity index (χ4v) is 1.39. The normalized spacial score (nSPS) is 43.0. The van der Waals surface area contributed by atoms with E-state index in [0.717, 1.165) is 0 Å². The number of rotatable bonds is 2. The van der Waals surface area contributed by atoms with Crippen LogP contribution in [0.1, 0.15) is 13.3 Å². The number of methoxy groups -OCH3 is 2. The van der Waals surface area contributed by atoms with Crippen molar-refractivity contribution in [3.8, 4) is 0 Å². The van der Waals surface area contributed by atoms with Gasteiger partial charge in [0.2, 0.25) is 0 Å². The van der Waals surface area contributed by atoms with Crippen LogP contribution in [0.15, 0.2) is 0 Å². The largest absolute Gasteiger partial charge is 0.388 e. The predicted octanol–water partition coefficient (Wildman–Crippen LogP) is 0.144. The van der Waals surface area contributed by atoms with Gasteiger partial charge in [0.05, 0.1) is 12.2 Å². The molecule has 0 unspecified atom stereocenters. The zero-order chi connectivity index (χ0) is 9.14. The first-order chi connectivity index (χ1) is 5.69. The van der Waals surface area contributed by atoms with Gasteiger partial charge in [0.15, 0.2) is 6.29 Å². The molecule has 0 bridgehead atoms. The second-order valence-electron chi connectivity index (χ2n) is 3.01. The molecule has 4 heteroatoms. The van der Waals surface area contributed by atoms with Crippen LogP contribution in [0.3, 0.4) is 0 Å². The average Bonchev–Trinajstić information content (AvgIpc) is 2.09. The van der Waals surface area contributed by atoms with Gasteiger partial charge in [-0.05, 0) is 6.92 Å². The summed E-state index contributed by atoms with van der Waals surface area (Å²) >= 11 is 0. The van der Waals surface area contributed by atoms with Gasteiger partial charge >= 0.3 is 0 Å². The summed E-state index contributed by atoms with van der Waals surface area (Å²) in [5.41, 5.74) is 0. The first-order valence-corrected chi connectivity index (χ1v) is 4.08. The molecule has 4 atom stereocenters. The molecule has 0 aromatic carbocycles. The lowest BCUT2D eigenvalue weighted by Gasteiger charge is -2.36. The lowest BCUT2D eigenvalue weighted by Crippen LogP contribution is -2.48. The Hall–Kier alpha value is -0.160. The Labute approximate surface area is 72.4 Å².